The second-order valence-corrected chi connectivity index (χ2v) is 5.89. The van der Waals surface area contributed by atoms with Gasteiger partial charge in [-0.15, -0.1) is 0 Å². The third kappa shape index (κ3) is 2.66. The summed E-state index contributed by atoms with van der Waals surface area (Å²) in [6.07, 6.45) is 2.93. The van der Waals surface area contributed by atoms with E-state index in [9.17, 15) is 4.39 Å². The van der Waals surface area contributed by atoms with Crippen LogP contribution in [0.4, 0.5) is 4.39 Å². The van der Waals surface area contributed by atoms with E-state index in [1.54, 1.807) is 12.1 Å². The molecule has 3 nitrogen and oxygen atoms in total. The van der Waals surface area contributed by atoms with Gasteiger partial charge in [0, 0.05) is 18.0 Å². The number of hydrogen-bond donors (Lipinski definition) is 1. The Morgan fingerprint density at radius 1 is 1.09 bits per heavy atom. The molecule has 4 heteroatoms. The van der Waals surface area contributed by atoms with Crippen LogP contribution >= 0.6 is 0 Å². The van der Waals surface area contributed by atoms with Crippen molar-refractivity contribution in [1.29, 1.82) is 0 Å². The van der Waals surface area contributed by atoms with E-state index in [0.29, 0.717) is 5.92 Å². The lowest BCUT2D eigenvalue weighted by Gasteiger charge is -2.15. The molecule has 0 saturated carbocycles. The molecule has 23 heavy (non-hydrogen) atoms. The quantitative estimate of drug-likeness (QED) is 0.798. The average Bonchev–Trinajstić information content (AvgIpc) is 3.25. The molecule has 0 radical (unpaired) electrons. The first kappa shape index (κ1) is 14.2. The zero-order valence-electron chi connectivity index (χ0n) is 12.7. The Kier molecular flexibility index (Phi) is 3.67. The van der Waals surface area contributed by atoms with Crippen molar-refractivity contribution in [3.05, 3.63) is 72.3 Å². The zero-order valence-corrected chi connectivity index (χ0v) is 12.7. The molecule has 2 heterocycles. The van der Waals surface area contributed by atoms with Crippen molar-refractivity contribution in [1.82, 2.24) is 15.1 Å². The molecule has 1 aliphatic heterocycles. The van der Waals surface area contributed by atoms with Crippen molar-refractivity contribution < 1.29 is 4.39 Å². The van der Waals surface area contributed by atoms with E-state index in [0.717, 1.165) is 42.0 Å². The number of nitrogens with zero attached hydrogens (tertiary/aromatic N) is 2. The minimum atomic E-state index is -0.217. The third-order valence-electron chi connectivity index (χ3n) is 4.39. The number of aromatic nitrogens is 2. The van der Waals surface area contributed by atoms with Gasteiger partial charge in [0.1, 0.15) is 5.82 Å². The monoisotopic (exact) mass is 307 g/mol. The van der Waals surface area contributed by atoms with E-state index in [-0.39, 0.29) is 5.82 Å². The van der Waals surface area contributed by atoms with Gasteiger partial charge in [-0.05, 0) is 42.8 Å². The SMILES string of the molecule is Fc1cccc(-c2cnn(-c3ccccc3)c2C2CCNC2)c1. The van der Waals surface area contributed by atoms with Gasteiger partial charge in [0.2, 0.25) is 0 Å². The fraction of sp³-hybridized carbons (Fsp3) is 0.211. The Balaban J connectivity index is 1.88. The van der Waals surface area contributed by atoms with Crippen LogP contribution in [0.5, 0.6) is 0 Å². The Hall–Kier alpha value is -2.46. The summed E-state index contributed by atoms with van der Waals surface area (Å²) in [6.45, 7) is 1.94. The molecule has 1 aliphatic rings. The number of para-hydroxylation sites is 1. The molecule has 1 saturated heterocycles. The molecule has 0 spiro atoms. The van der Waals surface area contributed by atoms with Gasteiger partial charge < -0.3 is 5.32 Å². The summed E-state index contributed by atoms with van der Waals surface area (Å²) in [5.74, 6) is 0.168. The Bertz CT molecular complexity index is 804. The van der Waals surface area contributed by atoms with Crippen LogP contribution in [0.25, 0.3) is 16.8 Å². The van der Waals surface area contributed by atoms with Gasteiger partial charge in [-0.1, -0.05) is 30.3 Å². The highest BCUT2D eigenvalue weighted by atomic mass is 19.1. The maximum atomic E-state index is 13.7. The summed E-state index contributed by atoms with van der Waals surface area (Å²) in [5, 5.41) is 8.02. The van der Waals surface area contributed by atoms with Crippen molar-refractivity contribution in [3.63, 3.8) is 0 Å². The van der Waals surface area contributed by atoms with Gasteiger partial charge in [0.15, 0.2) is 0 Å². The first-order chi connectivity index (χ1) is 11.3. The summed E-state index contributed by atoms with van der Waals surface area (Å²) in [7, 11) is 0. The zero-order chi connectivity index (χ0) is 15.6. The van der Waals surface area contributed by atoms with E-state index < -0.39 is 0 Å². The topological polar surface area (TPSA) is 29.9 Å². The van der Waals surface area contributed by atoms with Crippen molar-refractivity contribution in [2.75, 3.05) is 13.1 Å². The van der Waals surface area contributed by atoms with Crippen LogP contribution in [0.15, 0.2) is 60.8 Å². The Morgan fingerprint density at radius 3 is 2.70 bits per heavy atom. The smallest absolute Gasteiger partial charge is 0.123 e. The predicted molar refractivity (Wildman–Crippen MR) is 89.2 cm³/mol. The molecule has 4 rings (SSSR count). The number of halogens is 1. The molecule has 1 unspecified atom stereocenters. The maximum absolute atomic E-state index is 13.7. The lowest BCUT2D eigenvalue weighted by Crippen LogP contribution is -2.12. The lowest BCUT2D eigenvalue weighted by atomic mass is 9.96. The Labute approximate surface area is 134 Å². The van der Waals surface area contributed by atoms with E-state index in [4.69, 9.17) is 0 Å². The van der Waals surface area contributed by atoms with Gasteiger partial charge in [0.05, 0.1) is 17.6 Å². The van der Waals surface area contributed by atoms with Crippen molar-refractivity contribution in [2.24, 2.45) is 0 Å². The number of rotatable bonds is 3. The fourth-order valence-corrected chi connectivity index (χ4v) is 3.29. The molecule has 1 N–H and O–H groups in total. The predicted octanol–water partition coefficient (Wildman–Crippen LogP) is 3.76. The van der Waals surface area contributed by atoms with Crippen molar-refractivity contribution in [3.8, 4) is 16.8 Å². The normalized spacial score (nSPS) is 17.5. The first-order valence-electron chi connectivity index (χ1n) is 7.93. The minimum Gasteiger partial charge on any atom is -0.316 e. The molecule has 0 bridgehead atoms. The minimum absolute atomic E-state index is 0.217. The summed E-state index contributed by atoms with van der Waals surface area (Å²) in [6, 6.07) is 16.9. The molecular weight excluding hydrogens is 289 g/mol. The molecule has 2 aromatic carbocycles. The van der Waals surface area contributed by atoms with Gasteiger partial charge >= 0.3 is 0 Å². The van der Waals surface area contributed by atoms with Gasteiger partial charge in [-0.25, -0.2) is 9.07 Å². The number of benzene rings is 2. The van der Waals surface area contributed by atoms with Gasteiger partial charge in [-0.2, -0.15) is 5.10 Å². The standard InChI is InChI=1S/C19H18FN3/c20-16-6-4-5-14(11-16)18-13-22-23(17-7-2-1-3-8-17)19(18)15-9-10-21-12-15/h1-8,11,13,15,21H,9-10,12H2. The molecule has 1 aromatic heterocycles. The molecule has 0 aliphatic carbocycles. The molecule has 0 amide bonds. The van der Waals surface area contributed by atoms with Crippen LogP contribution in [-0.4, -0.2) is 22.9 Å². The van der Waals surface area contributed by atoms with Crippen LogP contribution in [0, 0.1) is 5.82 Å². The summed E-state index contributed by atoms with van der Waals surface area (Å²) in [4.78, 5) is 0. The fourth-order valence-electron chi connectivity index (χ4n) is 3.29. The lowest BCUT2D eigenvalue weighted by molar-refractivity contribution is 0.628. The molecular formula is C19H18FN3. The molecule has 3 aromatic rings. The summed E-state index contributed by atoms with van der Waals surface area (Å²) >= 11 is 0. The van der Waals surface area contributed by atoms with Crippen LogP contribution in [0.1, 0.15) is 18.0 Å². The van der Waals surface area contributed by atoms with E-state index >= 15 is 0 Å². The second kappa shape index (κ2) is 5.97. The number of nitrogens with one attached hydrogen (secondary N) is 1. The largest absolute Gasteiger partial charge is 0.316 e. The van der Waals surface area contributed by atoms with E-state index in [1.165, 1.54) is 6.07 Å². The Morgan fingerprint density at radius 2 is 1.96 bits per heavy atom. The van der Waals surface area contributed by atoms with E-state index in [1.807, 2.05) is 47.3 Å². The van der Waals surface area contributed by atoms with E-state index in [2.05, 4.69) is 10.4 Å². The molecule has 116 valence electrons. The van der Waals surface area contributed by atoms with Crippen LogP contribution in [-0.2, 0) is 0 Å². The summed E-state index contributed by atoms with van der Waals surface area (Å²) < 4.78 is 15.6. The van der Waals surface area contributed by atoms with Crippen molar-refractivity contribution in [2.45, 2.75) is 12.3 Å². The van der Waals surface area contributed by atoms with Gasteiger partial charge in [0.25, 0.3) is 0 Å². The highest BCUT2D eigenvalue weighted by Crippen LogP contribution is 2.34. The number of hydrogen-bond acceptors (Lipinski definition) is 2. The molecule has 1 fully saturated rings. The van der Waals surface area contributed by atoms with Crippen molar-refractivity contribution >= 4 is 0 Å². The first-order valence-corrected chi connectivity index (χ1v) is 7.93. The highest BCUT2D eigenvalue weighted by Gasteiger charge is 2.25. The van der Waals surface area contributed by atoms with Crippen LogP contribution in [0.3, 0.4) is 0 Å². The third-order valence-corrected chi connectivity index (χ3v) is 4.39. The maximum Gasteiger partial charge on any atom is 0.123 e. The summed E-state index contributed by atoms with van der Waals surface area (Å²) in [5.41, 5.74) is 4.10. The van der Waals surface area contributed by atoms with Crippen LogP contribution in [0.2, 0.25) is 0 Å². The highest BCUT2D eigenvalue weighted by molar-refractivity contribution is 5.67. The second-order valence-electron chi connectivity index (χ2n) is 5.89. The average molecular weight is 307 g/mol. The molecule has 1 atom stereocenters. The van der Waals surface area contributed by atoms with Gasteiger partial charge in [-0.3, -0.25) is 0 Å². The van der Waals surface area contributed by atoms with Crippen LogP contribution < -0.4 is 5.32 Å².